The molecule has 1 saturated carbocycles. The van der Waals surface area contributed by atoms with Gasteiger partial charge in [-0.1, -0.05) is 36.8 Å². The molecule has 0 amide bonds. The lowest BCUT2D eigenvalue weighted by Crippen LogP contribution is -2.35. The van der Waals surface area contributed by atoms with Gasteiger partial charge in [-0.3, -0.25) is 9.00 Å². The molecule has 1 unspecified atom stereocenters. The minimum absolute atomic E-state index is 0.0262. The van der Waals surface area contributed by atoms with Crippen molar-refractivity contribution in [1.82, 2.24) is 0 Å². The third kappa shape index (κ3) is 2.64. The Kier molecular flexibility index (Phi) is 4.12. The number of ketones is 1. The summed E-state index contributed by atoms with van der Waals surface area (Å²) >= 11 is 0. The Labute approximate surface area is 129 Å². The van der Waals surface area contributed by atoms with E-state index in [-0.39, 0.29) is 11.2 Å². The maximum atomic E-state index is 13.0. The van der Waals surface area contributed by atoms with Crippen molar-refractivity contribution in [1.29, 1.82) is 0 Å². The number of aryl methyl sites for hydroxylation is 1. The van der Waals surface area contributed by atoms with E-state index < -0.39 is 10.8 Å². The SMILES string of the molecule is CCCC(=O)[C@H]1[C@H](S(=O)c2ccc(C)cc2)[C@H]2C=C[C@@H]1C2. The number of carbonyl (C=O) groups is 1. The van der Waals surface area contributed by atoms with Gasteiger partial charge < -0.3 is 0 Å². The predicted molar refractivity (Wildman–Crippen MR) is 85.5 cm³/mol. The summed E-state index contributed by atoms with van der Waals surface area (Å²) in [6.45, 7) is 4.06. The average molecular weight is 302 g/mol. The molecule has 1 aromatic rings. The number of hydrogen-bond donors (Lipinski definition) is 0. The molecule has 2 aliphatic carbocycles. The van der Waals surface area contributed by atoms with Gasteiger partial charge in [0, 0.05) is 17.2 Å². The number of carbonyl (C=O) groups excluding carboxylic acids is 1. The lowest BCUT2D eigenvalue weighted by Gasteiger charge is -2.26. The molecule has 2 bridgehead atoms. The summed E-state index contributed by atoms with van der Waals surface area (Å²) in [4.78, 5) is 13.3. The van der Waals surface area contributed by atoms with E-state index in [9.17, 15) is 9.00 Å². The molecule has 3 heteroatoms. The average Bonchev–Trinajstić information content (AvgIpc) is 3.08. The van der Waals surface area contributed by atoms with Crippen molar-refractivity contribution in [2.45, 2.75) is 43.3 Å². The Bertz CT molecular complexity index is 588. The highest BCUT2D eigenvalue weighted by molar-refractivity contribution is 7.85. The van der Waals surface area contributed by atoms with Gasteiger partial charge in [-0.05, 0) is 43.7 Å². The fourth-order valence-corrected chi connectivity index (χ4v) is 5.59. The van der Waals surface area contributed by atoms with Crippen molar-refractivity contribution in [3.63, 3.8) is 0 Å². The van der Waals surface area contributed by atoms with Crippen LogP contribution >= 0.6 is 0 Å². The Hall–Kier alpha value is -1.22. The second kappa shape index (κ2) is 5.88. The van der Waals surface area contributed by atoms with Crippen molar-refractivity contribution < 1.29 is 9.00 Å². The molecule has 2 aliphatic rings. The largest absolute Gasteiger partial charge is 0.299 e. The van der Waals surface area contributed by atoms with Crippen LogP contribution in [0.5, 0.6) is 0 Å². The van der Waals surface area contributed by atoms with Crippen LogP contribution in [0.1, 0.15) is 31.7 Å². The zero-order valence-electron chi connectivity index (χ0n) is 12.6. The van der Waals surface area contributed by atoms with E-state index >= 15 is 0 Å². The number of fused-ring (bicyclic) bond motifs is 2. The first-order valence-corrected chi connectivity index (χ1v) is 9.01. The lowest BCUT2D eigenvalue weighted by atomic mass is 9.87. The third-order valence-electron chi connectivity index (χ3n) is 4.76. The molecule has 0 heterocycles. The first-order valence-electron chi connectivity index (χ1n) is 7.80. The van der Waals surface area contributed by atoms with Gasteiger partial charge in [-0.15, -0.1) is 0 Å². The molecule has 0 saturated heterocycles. The van der Waals surface area contributed by atoms with Crippen LogP contribution in [0.15, 0.2) is 41.3 Å². The van der Waals surface area contributed by atoms with E-state index in [0.717, 1.165) is 17.7 Å². The van der Waals surface area contributed by atoms with E-state index in [1.165, 1.54) is 5.56 Å². The third-order valence-corrected chi connectivity index (χ3v) is 6.63. The van der Waals surface area contributed by atoms with Gasteiger partial charge in [0.2, 0.25) is 0 Å². The maximum Gasteiger partial charge on any atom is 0.137 e. The molecule has 1 aromatic carbocycles. The summed E-state index contributed by atoms with van der Waals surface area (Å²) in [5, 5.41) is -0.0262. The van der Waals surface area contributed by atoms with Gasteiger partial charge in [0.1, 0.15) is 5.78 Å². The maximum absolute atomic E-state index is 13.0. The van der Waals surface area contributed by atoms with Crippen LogP contribution in [0.3, 0.4) is 0 Å². The summed E-state index contributed by atoms with van der Waals surface area (Å²) in [5.41, 5.74) is 1.17. The van der Waals surface area contributed by atoms with Gasteiger partial charge in [-0.2, -0.15) is 0 Å². The Morgan fingerprint density at radius 3 is 2.52 bits per heavy atom. The van der Waals surface area contributed by atoms with Crippen LogP contribution in [0, 0.1) is 24.7 Å². The van der Waals surface area contributed by atoms with Crippen LogP contribution < -0.4 is 0 Å². The molecule has 21 heavy (non-hydrogen) atoms. The van der Waals surface area contributed by atoms with Crippen LogP contribution in [0.2, 0.25) is 0 Å². The molecule has 0 radical (unpaired) electrons. The van der Waals surface area contributed by atoms with E-state index in [2.05, 4.69) is 12.2 Å². The zero-order chi connectivity index (χ0) is 15.0. The van der Waals surface area contributed by atoms with Crippen LogP contribution in [0.4, 0.5) is 0 Å². The van der Waals surface area contributed by atoms with Crippen molar-refractivity contribution in [2.24, 2.45) is 17.8 Å². The summed E-state index contributed by atoms with van der Waals surface area (Å²) < 4.78 is 13.0. The molecule has 112 valence electrons. The van der Waals surface area contributed by atoms with Gasteiger partial charge in [0.25, 0.3) is 0 Å². The molecule has 0 spiro atoms. The summed E-state index contributed by atoms with van der Waals surface area (Å²) in [5.74, 6) is 0.887. The van der Waals surface area contributed by atoms with Crippen LogP contribution in [-0.2, 0) is 15.6 Å². The second-order valence-corrected chi connectivity index (χ2v) is 7.88. The Balaban J connectivity index is 1.88. The molecule has 0 N–H and O–H groups in total. The van der Waals surface area contributed by atoms with Crippen LogP contribution in [-0.4, -0.2) is 15.2 Å². The van der Waals surface area contributed by atoms with E-state index in [0.29, 0.717) is 24.0 Å². The number of rotatable bonds is 5. The summed E-state index contributed by atoms with van der Waals surface area (Å²) in [7, 11) is -1.09. The molecular weight excluding hydrogens is 280 g/mol. The van der Waals surface area contributed by atoms with Gasteiger partial charge >= 0.3 is 0 Å². The van der Waals surface area contributed by atoms with Gasteiger partial charge in [0.15, 0.2) is 0 Å². The van der Waals surface area contributed by atoms with E-state index in [1.54, 1.807) is 0 Å². The highest BCUT2D eigenvalue weighted by atomic mass is 32.2. The number of Topliss-reactive ketones (excluding diaryl/α,β-unsaturated/α-hetero) is 1. The highest BCUT2D eigenvalue weighted by Gasteiger charge is 2.50. The first-order chi connectivity index (χ1) is 10.1. The molecular formula is C18H22O2S. The molecule has 3 rings (SSSR count). The van der Waals surface area contributed by atoms with Crippen molar-refractivity contribution in [3.8, 4) is 0 Å². The van der Waals surface area contributed by atoms with Crippen molar-refractivity contribution in [3.05, 3.63) is 42.0 Å². The van der Waals surface area contributed by atoms with E-state index in [1.807, 2.05) is 38.1 Å². The quantitative estimate of drug-likeness (QED) is 0.778. The standard InChI is InChI=1S/C18H22O2S/c1-3-4-16(19)17-13-7-8-14(11-13)18(17)21(20)15-9-5-12(2)6-10-15/h5-10,13-14,17-18H,3-4,11H2,1-2H3/t13-,14+,17+,18-,21?/m1/s1. The minimum atomic E-state index is -1.09. The molecule has 5 atom stereocenters. The zero-order valence-corrected chi connectivity index (χ0v) is 13.4. The minimum Gasteiger partial charge on any atom is -0.299 e. The smallest absolute Gasteiger partial charge is 0.137 e. The summed E-state index contributed by atoms with van der Waals surface area (Å²) in [6.07, 6.45) is 6.84. The fraction of sp³-hybridized carbons (Fsp3) is 0.500. The predicted octanol–water partition coefficient (Wildman–Crippen LogP) is 3.66. The molecule has 0 aromatic heterocycles. The van der Waals surface area contributed by atoms with Crippen molar-refractivity contribution >= 4 is 16.6 Å². The van der Waals surface area contributed by atoms with Crippen LogP contribution in [0.25, 0.3) is 0 Å². The Morgan fingerprint density at radius 2 is 1.86 bits per heavy atom. The highest BCUT2D eigenvalue weighted by Crippen LogP contribution is 2.48. The number of benzene rings is 1. The fourth-order valence-electron chi connectivity index (χ4n) is 3.73. The molecule has 0 aliphatic heterocycles. The first kappa shape index (κ1) is 14.7. The van der Waals surface area contributed by atoms with E-state index in [4.69, 9.17) is 0 Å². The summed E-state index contributed by atoms with van der Waals surface area (Å²) in [6, 6.07) is 7.89. The lowest BCUT2D eigenvalue weighted by molar-refractivity contribution is -0.123. The number of hydrogen-bond acceptors (Lipinski definition) is 2. The number of allylic oxidation sites excluding steroid dienone is 2. The Morgan fingerprint density at radius 1 is 1.19 bits per heavy atom. The monoisotopic (exact) mass is 302 g/mol. The van der Waals surface area contributed by atoms with Gasteiger partial charge in [-0.25, -0.2) is 0 Å². The molecule has 1 fully saturated rings. The molecule has 2 nitrogen and oxygen atoms in total. The van der Waals surface area contributed by atoms with Crippen molar-refractivity contribution in [2.75, 3.05) is 0 Å². The van der Waals surface area contributed by atoms with Gasteiger partial charge in [0.05, 0.1) is 16.0 Å². The normalized spacial score (nSPS) is 31.5. The topological polar surface area (TPSA) is 34.1 Å². The second-order valence-electron chi connectivity index (χ2n) is 6.27.